The molecule has 43 heavy (non-hydrogen) atoms. The summed E-state index contributed by atoms with van der Waals surface area (Å²) in [4.78, 5) is 30.8. The summed E-state index contributed by atoms with van der Waals surface area (Å²) >= 11 is 0. The van der Waals surface area contributed by atoms with Gasteiger partial charge in [-0.15, -0.1) is 0 Å². The third-order valence-electron chi connectivity index (χ3n) is 8.50. The molecule has 0 fully saturated rings. The lowest BCUT2D eigenvalue weighted by Gasteiger charge is -2.22. The highest BCUT2D eigenvalue weighted by Gasteiger charge is 2.10. The van der Waals surface area contributed by atoms with Crippen LogP contribution in [0.3, 0.4) is 0 Å². The third-order valence-corrected chi connectivity index (χ3v) is 8.50. The smallest absolute Gasteiger partial charge is 0.305 e. The molecular weight excluding hydrogens is 538 g/mol. The lowest BCUT2D eigenvalue weighted by atomic mass is 9.99. The molecule has 1 heterocycles. The maximum atomic E-state index is 12.0. The molecular formula is C36H67N3O4. The van der Waals surface area contributed by atoms with Gasteiger partial charge in [0, 0.05) is 31.8 Å². The van der Waals surface area contributed by atoms with Crippen molar-refractivity contribution in [2.24, 2.45) is 11.8 Å². The Morgan fingerprint density at radius 1 is 0.674 bits per heavy atom. The van der Waals surface area contributed by atoms with Crippen molar-refractivity contribution >= 4 is 11.9 Å². The van der Waals surface area contributed by atoms with Gasteiger partial charge >= 0.3 is 11.9 Å². The Morgan fingerprint density at radius 2 is 1.16 bits per heavy atom. The molecule has 0 saturated heterocycles. The minimum atomic E-state index is -0.0296. The minimum absolute atomic E-state index is 0.0296. The van der Waals surface area contributed by atoms with E-state index in [9.17, 15) is 9.59 Å². The van der Waals surface area contributed by atoms with E-state index >= 15 is 0 Å². The number of nitrogens with zero attached hydrogens (tertiary/aromatic N) is 3. The molecule has 0 aliphatic heterocycles. The van der Waals surface area contributed by atoms with Gasteiger partial charge in [0.25, 0.3) is 0 Å². The van der Waals surface area contributed by atoms with E-state index < -0.39 is 0 Å². The van der Waals surface area contributed by atoms with E-state index in [4.69, 9.17) is 9.47 Å². The van der Waals surface area contributed by atoms with Gasteiger partial charge in [0.1, 0.15) is 0 Å². The summed E-state index contributed by atoms with van der Waals surface area (Å²) in [6.07, 6.45) is 26.1. The van der Waals surface area contributed by atoms with Crippen molar-refractivity contribution in [3.8, 4) is 0 Å². The molecule has 0 amide bonds. The molecule has 0 bridgehead atoms. The summed E-state index contributed by atoms with van der Waals surface area (Å²) in [6.45, 7) is 14.4. The predicted molar refractivity (Wildman–Crippen MR) is 178 cm³/mol. The van der Waals surface area contributed by atoms with Crippen LogP contribution >= 0.6 is 0 Å². The van der Waals surface area contributed by atoms with E-state index in [1.807, 2.05) is 18.7 Å². The number of carbonyl (C=O) groups is 2. The van der Waals surface area contributed by atoms with Crippen molar-refractivity contribution < 1.29 is 19.1 Å². The highest BCUT2D eigenvalue weighted by molar-refractivity contribution is 5.69. The summed E-state index contributed by atoms with van der Waals surface area (Å²) < 4.78 is 13.1. The molecule has 7 nitrogen and oxygen atoms in total. The van der Waals surface area contributed by atoms with Crippen LogP contribution in [0.25, 0.3) is 0 Å². The van der Waals surface area contributed by atoms with E-state index in [-0.39, 0.29) is 11.9 Å². The Labute approximate surface area is 264 Å². The zero-order valence-corrected chi connectivity index (χ0v) is 28.5. The maximum absolute atomic E-state index is 12.0. The van der Waals surface area contributed by atoms with Crippen molar-refractivity contribution in [1.82, 2.24) is 14.5 Å². The molecule has 7 heteroatoms. The SMILES string of the molecule is CCCCC(C)CCC(=O)OCCCCCCN(CCCCCCOC(=O)CCC(C)CCCC)CCCn1ccnc1. The third kappa shape index (κ3) is 24.2. The number of esters is 2. The fourth-order valence-corrected chi connectivity index (χ4v) is 5.45. The molecule has 1 rings (SSSR count). The first-order valence-electron chi connectivity index (χ1n) is 17.9. The van der Waals surface area contributed by atoms with Crippen molar-refractivity contribution in [2.75, 3.05) is 32.8 Å². The zero-order chi connectivity index (χ0) is 31.4. The zero-order valence-electron chi connectivity index (χ0n) is 28.5. The highest BCUT2D eigenvalue weighted by atomic mass is 16.5. The molecule has 0 saturated carbocycles. The first-order chi connectivity index (χ1) is 20.9. The highest BCUT2D eigenvalue weighted by Crippen LogP contribution is 2.15. The van der Waals surface area contributed by atoms with Crippen LogP contribution in [0.4, 0.5) is 0 Å². The number of hydrogen-bond acceptors (Lipinski definition) is 6. The van der Waals surface area contributed by atoms with Crippen LogP contribution in [0.15, 0.2) is 18.7 Å². The lowest BCUT2D eigenvalue weighted by molar-refractivity contribution is -0.145. The normalized spacial score (nSPS) is 12.9. The first-order valence-corrected chi connectivity index (χ1v) is 17.9. The summed E-state index contributed by atoms with van der Waals surface area (Å²) in [5, 5.41) is 0. The molecule has 250 valence electrons. The molecule has 0 N–H and O–H groups in total. The summed E-state index contributed by atoms with van der Waals surface area (Å²) in [6, 6.07) is 0. The molecule has 0 aromatic carbocycles. The number of unbranched alkanes of at least 4 members (excludes halogenated alkanes) is 8. The summed E-state index contributed by atoms with van der Waals surface area (Å²) in [5.74, 6) is 1.16. The van der Waals surface area contributed by atoms with E-state index in [1.54, 1.807) is 0 Å². The molecule has 1 aromatic rings. The van der Waals surface area contributed by atoms with Gasteiger partial charge in [-0.1, -0.05) is 91.9 Å². The fraction of sp³-hybridized carbons (Fsp3) is 0.861. The molecule has 2 atom stereocenters. The van der Waals surface area contributed by atoms with Gasteiger partial charge < -0.3 is 18.9 Å². The maximum Gasteiger partial charge on any atom is 0.305 e. The molecule has 0 radical (unpaired) electrons. The van der Waals surface area contributed by atoms with Crippen LogP contribution in [0.2, 0.25) is 0 Å². The fourth-order valence-electron chi connectivity index (χ4n) is 5.45. The van der Waals surface area contributed by atoms with Gasteiger partial charge in [-0.3, -0.25) is 9.59 Å². The second-order valence-corrected chi connectivity index (χ2v) is 12.8. The number of aromatic nitrogens is 2. The predicted octanol–water partition coefficient (Wildman–Crippen LogP) is 9.00. The van der Waals surface area contributed by atoms with Gasteiger partial charge in [0.15, 0.2) is 0 Å². The van der Waals surface area contributed by atoms with E-state index in [0.29, 0.717) is 37.9 Å². The minimum Gasteiger partial charge on any atom is -0.466 e. The van der Waals surface area contributed by atoms with Crippen LogP contribution in [-0.2, 0) is 25.6 Å². The molecule has 0 aliphatic rings. The van der Waals surface area contributed by atoms with Crippen molar-refractivity contribution in [2.45, 2.75) is 156 Å². The number of aryl methyl sites for hydroxylation is 1. The number of carbonyl (C=O) groups excluding carboxylic acids is 2. The number of hydrogen-bond donors (Lipinski definition) is 0. The van der Waals surface area contributed by atoms with Crippen LogP contribution in [0.1, 0.15) is 150 Å². The largest absolute Gasteiger partial charge is 0.466 e. The van der Waals surface area contributed by atoms with Gasteiger partial charge in [-0.05, 0) is 76.4 Å². The number of rotatable bonds is 30. The Kier molecular flexibility index (Phi) is 25.2. The lowest BCUT2D eigenvalue weighted by Crippen LogP contribution is -2.28. The Hall–Kier alpha value is -1.89. The van der Waals surface area contributed by atoms with Crippen LogP contribution in [-0.4, -0.2) is 59.2 Å². The Bertz CT molecular complexity index is 727. The summed E-state index contributed by atoms with van der Waals surface area (Å²) in [5.41, 5.74) is 0. The van der Waals surface area contributed by atoms with Gasteiger partial charge in [-0.25, -0.2) is 4.98 Å². The van der Waals surface area contributed by atoms with Crippen molar-refractivity contribution in [3.05, 3.63) is 18.7 Å². The van der Waals surface area contributed by atoms with Crippen LogP contribution < -0.4 is 0 Å². The Balaban J connectivity index is 2.15. The first kappa shape index (κ1) is 39.1. The van der Waals surface area contributed by atoms with Crippen LogP contribution in [0, 0.1) is 11.8 Å². The van der Waals surface area contributed by atoms with E-state index in [1.165, 1.54) is 64.2 Å². The molecule has 0 spiro atoms. The van der Waals surface area contributed by atoms with Gasteiger partial charge in [-0.2, -0.15) is 0 Å². The number of imidazole rings is 1. The van der Waals surface area contributed by atoms with Crippen LogP contribution in [0.5, 0.6) is 0 Å². The quantitative estimate of drug-likeness (QED) is 0.0644. The van der Waals surface area contributed by atoms with Gasteiger partial charge in [0.2, 0.25) is 0 Å². The Morgan fingerprint density at radius 3 is 1.63 bits per heavy atom. The average Bonchev–Trinajstić information content (AvgIpc) is 3.53. The average molecular weight is 606 g/mol. The summed E-state index contributed by atoms with van der Waals surface area (Å²) in [7, 11) is 0. The molecule has 2 unspecified atom stereocenters. The second-order valence-electron chi connectivity index (χ2n) is 12.8. The van der Waals surface area contributed by atoms with Crippen molar-refractivity contribution in [3.63, 3.8) is 0 Å². The van der Waals surface area contributed by atoms with Gasteiger partial charge in [0.05, 0.1) is 19.5 Å². The van der Waals surface area contributed by atoms with Crippen molar-refractivity contribution in [1.29, 1.82) is 0 Å². The van der Waals surface area contributed by atoms with E-state index in [0.717, 1.165) is 71.1 Å². The molecule has 0 aliphatic carbocycles. The monoisotopic (exact) mass is 606 g/mol. The standard InChI is InChI=1S/C36H67N3O4/c1-5-7-18-33(3)20-22-35(40)42-30-15-11-9-13-25-38(27-17-28-39-29-24-37-32-39)26-14-10-12-16-31-43-36(41)23-21-34(4)19-8-6-2/h24,29,32-34H,5-23,25-28,30-31H2,1-4H3. The second kappa shape index (κ2) is 27.6. The van der Waals surface area contributed by atoms with E-state index in [2.05, 4.69) is 42.1 Å². The number of ether oxygens (including phenoxy) is 2. The molecule has 1 aromatic heterocycles. The topological polar surface area (TPSA) is 73.7 Å².